The molecule has 1 saturated carbocycles. The third kappa shape index (κ3) is 4.62. The van der Waals surface area contributed by atoms with E-state index in [-0.39, 0.29) is 0 Å². The van der Waals surface area contributed by atoms with E-state index < -0.39 is 9.84 Å². The Hall–Kier alpha value is -0.0900. The minimum atomic E-state index is -2.77. The largest absolute Gasteiger partial charge is 0.328 e. The predicted octanol–water partition coefficient (Wildman–Crippen LogP) is 0.939. The molecule has 0 aromatic heterocycles. The number of sulfone groups is 1. The van der Waals surface area contributed by atoms with E-state index in [1.54, 1.807) is 0 Å². The summed E-state index contributed by atoms with van der Waals surface area (Å²) in [5, 5.41) is 0. The summed E-state index contributed by atoms with van der Waals surface area (Å²) in [5.41, 5.74) is 5.76. The molecule has 0 saturated heterocycles. The minimum Gasteiger partial charge on any atom is -0.328 e. The van der Waals surface area contributed by atoms with Gasteiger partial charge in [-0.2, -0.15) is 0 Å². The molecule has 2 N–H and O–H groups in total. The zero-order chi connectivity index (χ0) is 9.90. The van der Waals surface area contributed by atoms with Crippen LogP contribution in [0.25, 0.3) is 0 Å². The van der Waals surface area contributed by atoms with Crippen molar-refractivity contribution in [3.05, 3.63) is 0 Å². The quantitative estimate of drug-likeness (QED) is 0.746. The first-order chi connectivity index (χ1) is 5.97. The Kier molecular flexibility index (Phi) is 3.74. The molecule has 1 aliphatic carbocycles. The van der Waals surface area contributed by atoms with Gasteiger partial charge < -0.3 is 5.73 Å². The summed E-state index contributed by atoms with van der Waals surface area (Å²) in [6, 6.07) is 0.356. The number of hydrogen-bond donors (Lipinski definition) is 1. The van der Waals surface area contributed by atoms with Crippen molar-refractivity contribution in [1.29, 1.82) is 0 Å². The zero-order valence-electron chi connectivity index (χ0n) is 8.20. The van der Waals surface area contributed by atoms with E-state index in [1.807, 2.05) is 0 Å². The lowest BCUT2D eigenvalue weighted by Crippen LogP contribution is -2.27. The van der Waals surface area contributed by atoms with Crippen molar-refractivity contribution in [3.8, 4) is 0 Å². The standard InChI is InChI=1S/C9H19NO2S/c1-13(11,12)7-6-8-2-4-9(10)5-3-8/h8-9H,2-7,10H2,1H3. The molecule has 0 bridgehead atoms. The van der Waals surface area contributed by atoms with Gasteiger partial charge in [0.25, 0.3) is 0 Å². The molecule has 1 aliphatic rings. The van der Waals surface area contributed by atoms with Crippen LogP contribution in [0.1, 0.15) is 32.1 Å². The van der Waals surface area contributed by atoms with Gasteiger partial charge in [0.1, 0.15) is 9.84 Å². The third-order valence-corrected chi connectivity index (χ3v) is 3.77. The van der Waals surface area contributed by atoms with Crippen molar-refractivity contribution < 1.29 is 8.42 Å². The maximum Gasteiger partial charge on any atom is 0.147 e. The van der Waals surface area contributed by atoms with Crippen LogP contribution in [0.5, 0.6) is 0 Å². The topological polar surface area (TPSA) is 60.2 Å². The minimum absolute atomic E-state index is 0.340. The summed E-state index contributed by atoms with van der Waals surface area (Å²) in [6.07, 6.45) is 6.48. The summed E-state index contributed by atoms with van der Waals surface area (Å²) in [7, 11) is -2.77. The van der Waals surface area contributed by atoms with Crippen LogP contribution in [-0.4, -0.2) is 26.5 Å². The highest BCUT2D eigenvalue weighted by Crippen LogP contribution is 2.25. The molecule has 0 aromatic rings. The Labute approximate surface area is 80.6 Å². The first-order valence-corrected chi connectivity index (χ1v) is 6.97. The summed E-state index contributed by atoms with van der Waals surface area (Å²) < 4.78 is 21.8. The van der Waals surface area contributed by atoms with E-state index >= 15 is 0 Å². The van der Waals surface area contributed by atoms with Gasteiger partial charge in [-0.1, -0.05) is 0 Å². The molecular weight excluding hydrogens is 186 g/mol. The zero-order valence-corrected chi connectivity index (χ0v) is 9.02. The Balaban J connectivity index is 2.24. The fraction of sp³-hybridized carbons (Fsp3) is 1.00. The molecule has 0 aromatic carbocycles. The van der Waals surface area contributed by atoms with Crippen molar-refractivity contribution in [2.45, 2.75) is 38.1 Å². The second-order valence-corrected chi connectivity index (χ2v) is 6.46. The molecular formula is C9H19NO2S. The van der Waals surface area contributed by atoms with Crippen LogP contribution in [0.2, 0.25) is 0 Å². The maximum atomic E-state index is 10.9. The normalized spacial score (nSPS) is 30.3. The van der Waals surface area contributed by atoms with Crippen LogP contribution in [0.15, 0.2) is 0 Å². The Morgan fingerprint density at radius 1 is 1.23 bits per heavy atom. The molecule has 0 spiro atoms. The third-order valence-electron chi connectivity index (χ3n) is 2.79. The Morgan fingerprint density at radius 2 is 1.77 bits per heavy atom. The van der Waals surface area contributed by atoms with Gasteiger partial charge >= 0.3 is 0 Å². The lowest BCUT2D eigenvalue weighted by molar-refractivity contribution is 0.319. The van der Waals surface area contributed by atoms with Crippen molar-refractivity contribution in [1.82, 2.24) is 0 Å². The van der Waals surface area contributed by atoms with Gasteiger partial charge in [0.15, 0.2) is 0 Å². The van der Waals surface area contributed by atoms with Gasteiger partial charge in [0, 0.05) is 12.3 Å². The van der Waals surface area contributed by atoms with E-state index in [1.165, 1.54) is 6.26 Å². The smallest absolute Gasteiger partial charge is 0.147 e. The van der Waals surface area contributed by atoms with E-state index in [9.17, 15) is 8.42 Å². The molecule has 0 heterocycles. The monoisotopic (exact) mass is 205 g/mol. The molecule has 0 amide bonds. The molecule has 78 valence electrons. The molecule has 3 nitrogen and oxygen atoms in total. The van der Waals surface area contributed by atoms with Crippen molar-refractivity contribution in [2.75, 3.05) is 12.0 Å². The summed E-state index contributed by atoms with van der Waals surface area (Å²) in [6.45, 7) is 0. The second-order valence-electron chi connectivity index (χ2n) is 4.20. The molecule has 4 heteroatoms. The number of hydrogen-bond acceptors (Lipinski definition) is 3. The van der Waals surface area contributed by atoms with Crippen LogP contribution in [-0.2, 0) is 9.84 Å². The Morgan fingerprint density at radius 3 is 2.23 bits per heavy atom. The highest BCUT2D eigenvalue weighted by Gasteiger charge is 2.19. The number of rotatable bonds is 3. The van der Waals surface area contributed by atoms with Gasteiger partial charge in [-0.05, 0) is 38.0 Å². The van der Waals surface area contributed by atoms with Crippen LogP contribution in [0.4, 0.5) is 0 Å². The van der Waals surface area contributed by atoms with Gasteiger partial charge in [-0.3, -0.25) is 0 Å². The first kappa shape index (κ1) is 11.0. The number of nitrogens with two attached hydrogens (primary N) is 1. The summed E-state index contributed by atoms with van der Waals surface area (Å²) in [5.74, 6) is 0.932. The fourth-order valence-electron chi connectivity index (χ4n) is 1.86. The molecule has 0 radical (unpaired) electrons. The molecule has 0 aliphatic heterocycles. The molecule has 1 fully saturated rings. The molecule has 13 heavy (non-hydrogen) atoms. The van der Waals surface area contributed by atoms with Gasteiger partial charge in [-0.25, -0.2) is 8.42 Å². The van der Waals surface area contributed by atoms with E-state index in [0.717, 1.165) is 32.1 Å². The van der Waals surface area contributed by atoms with Gasteiger partial charge in [-0.15, -0.1) is 0 Å². The van der Waals surface area contributed by atoms with E-state index in [0.29, 0.717) is 17.7 Å². The van der Waals surface area contributed by atoms with E-state index in [2.05, 4.69) is 0 Å². The fourth-order valence-corrected chi connectivity index (χ4v) is 2.62. The molecule has 0 atom stereocenters. The van der Waals surface area contributed by atoms with Gasteiger partial charge in [0.05, 0.1) is 5.75 Å². The average molecular weight is 205 g/mol. The SMILES string of the molecule is CS(=O)(=O)CCC1CCC(N)CC1. The average Bonchev–Trinajstić information content (AvgIpc) is 2.02. The van der Waals surface area contributed by atoms with Crippen molar-refractivity contribution in [2.24, 2.45) is 11.7 Å². The highest BCUT2D eigenvalue weighted by atomic mass is 32.2. The summed E-state index contributed by atoms with van der Waals surface area (Å²) >= 11 is 0. The molecule has 1 rings (SSSR count). The summed E-state index contributed by atoms with van der Waals surface area (Å²) in [4.78, 5) is 0. The van der Waals surface area contributed by atoms with Crippen LogP contribution >= 0.6 is 0 Å². The van der Waals surface area contributed by atoms with Crippen LogP contribution in [0, 0.1) is 5.92 Å². The Bertz CT molecular complexity index is 240. The van der Waals surface area contributed by atoms with Crippen molar-refractivity contribution >= 4 is 9.84 Å². The lowest BCUT2D eigenvalue weighted by Gasteiger charge is -2.25. The maximum absolute atomic E-state index is 10.9. The predicted molar refractivity (Wildman–Crippen MR) is 54.3 cm³/mol. The van der Waals surface area contributed by atoms with E-state index in [4.69, 9.17) is 5.73 Å². The highest BCUT2D eigenvalue weighted by molar-refractivity contribution is 7.90. The lowest BCUT2D eigenvalue weighted by atomic mass is 9.85. The van der Waals surface area contributed by atoms with Crippen LogP contribution < -0.4 is 5.73 Å². The molecule has 0 unspecified atom stereocenters. The van der Waals surface area contributed by atoms with Crippen LogP contribution in [0.3, 0.4) is 0 Å². The van der Waals surface area contributed by atoms with Gasteiger partial charge in [0.2, 0.25) is 0 Å². The second kappa shape index (κ2) is 4.42. The van der Waals surface area contributed by atoms with Crippen molar-refractivity contribution in [3.63, 3.8) is 0 Å². The first-order valence-electron chi connectivity index (χ1n) is 4.90.